The van der Waals surface area contributed by atoms with Gasteiger partial charge in [0.25, 0.3) is 0 Å². The van der Waals surface area contributed by atoms with Crippen molar-refractivity contribution in [1.82, 2.24) is 14.4 Å². The number of aromatic nitrogens is 3. The van der Waals surface area contributed by atoms with E-state index in [1.807, 2.05) is 30.3 Å². The SMILES string of the molecule is CCC[CH2][Sn]([CH2]CCC)([CH2]CCC)[c]1ccc2nc(-c3ccc(-c4cnco4)cc3)c(F)n2c1. The van der Waals surface area contributed by atoms with Crippen molar-refractivity contribution in [1.29, 1.82) is 0 Å². The molecule has 180 valence electrons. The van der Waals surface area contributed by atoms with E-state index in [2.05, 4.69) is 43.0 Å². The summed E-state index contributed by atoms with van der Waals surface area (Å²) in [6.45, 7) is 6.86. The maximum absolute atomic E-state index is 15.7. The van der Waals surface area contributed by atoms with Gasteiger partial charge in [-0.15, -0.1) is 0 Å². The molecule has 6 heteroatoms. The Morgan fingerprint density at radius 2 is 1.47 bits per heavy atom. The summed E-state index contributed by atoms with van der Waals surface area (Å²) in [5.74, 6) is 0.424. The molecule has 3 aromatic heterocycles. The van der Waals surface area contributed by atoms with Crippen LogP contribution < -0.4 is 3.58 Å². The minimum atomic E-state index is -2.65. The van der Waals surface area contributed by atoms with Crippen LogP contribution in [0, 0.1) is 5.95 Å². The van der Waals surface area contributed by atoms with E-state index in [4.69, 9.17) is 4.42 Å². The first kappa shape index (κ1) is 25.0. The summed E-state index contributed by atoms with van der Waals surface area (Å²) in [5, 5.41) is 0. The predicted octanol–water partition coefficient (Wildman–Crippen LogP) is 7.85. The number of hydrogen-bond donors (Lipinski definition) is 0. The first-order chi connectivity index (χ1) is 16.6. The number of imidazole rings is 1. The number of rotatable bonds is 12. The zero-order chi connectivity index (χ0) is 24.0. The number of fused-ring (bicyclic) bond motifs is 1. The van der Waals surface area contributed by atoms with E-state index < -0.39 is 18.4 Å². The van der Waals surface area contributed by atoms with Crippen LogP contribution in [0.5, 0.6) is 0 Å². The van der Waals surface area contributed by atoms with Gasteiger partial charge < -0.3 is 0 Å². The van der Waals surface area contributed by atoms with Gasteiger partial charge in [0.1, 0.15) is 0 Å². The summed E-state index contributed by atoms with van der Waals surface area (Å²) in [6, 6.07) is 12.0. The molecule has 0 atom stereocenters. The Morgan fingerprint density at radius 3 is 2.03 bits per heavy atom. The molecule has 0 amide bonds. The fraction of sp³-hybridized carbons (Fsp3) is 0.429. The monoisotopic (exact) mass is 569 g/mol. The number of oxazole rings is 1. The van der Waals surface area contributed by atoms with Crippen LogP contribution >= 0.6 is 0 Å². The molecule has 0 radical (unpaired) electrons. The van der Waals surface area contributed by atoms with Crippen molar-refractivity contribution in [2.75, 3.05) is 0 Å². The van der Waals surface area contributed by atoms with Gasteiger partial charge in [-0.3, -0.25) is 0 Å². The van der Waals surface area contributed by atoms with Gasteiger partial charge >= 0.3 is 207 Å². The molecular formula is C28H36FN3OSn. The second-order valence-corrected chi connectivity index (χ2v) is 22.7. The van der Waals surface area contributed by atoms with Crippen molar-refractivity contribution in [2.45, 2.75) is 72.6 Å². The first-order valence-corrected chi connectivity index (χ1v) is 20.3. The molecule has 0 fully saturated rings. The molecule has 0 aliphatic rings. The summed E-state index contributed by atoms with van der Waals surface area (Å²) in [5.41, 5.74) is 2.76. The molecule has 0 bridgehead atoms. The summed E-state index contributed by atoms with van der Waals surface area (Å²) in [4.78, 5) is 8.63. The summed E-state index contributed by atoms with van der Waals surface area (Å²) in [7, 11) is 0. The maximum atomic E-state index is 15.7. The summed E-state index contributed by atoms with van der Waals surface area (Å²) < 4.78 is 28.3. The Bertz CT molecular complexity index is 1160. The standard InChI is InChI=1S/C16H9FN3O.3C4H9.Sn/c17-16-15(19-14-3-1-2-8-20(14)16)12-6-4-11(5-7-12)13-9-18-10-21-13;3*1-3-4-2;/h1,3-10H;3*1,3-4H2,2H3;. The van der Waals surface area contributed by atoms with Crippen LogP contribution in [-0.2, 0) is 0 Å². The molecular weight excluding hydrogens is 532 g/mol. The van der Waals surface area contributed by atoms with Crippen molar-refractivity contribution in [3.05, 3.63) is 61.1 Å². The second-order valence-electron chi connectivity index (χ2n) is 9.43. The van der Waals surface area contributed by atoms with Gasteiger partial charge in [0.2, 0.25) is 0 Å². The molecule has 0 unspecified atom stereocenters. The fourth-order valence-corrected chi connectivity index (χ4v) is 20.8. The van der Waals surface area contributed by atoms with E-state index in [0.29, 0.717) is 17.1 Å². The predicted molar refractivity (Wildman–Crippen MR) is 141 cm³/mol. The van der Waals surface area contributed by atoms with Crippen LogP contribution in [0.2, 0.25) is 13.3 Å². The van der Waals surface area contributed by atoms with E-state index >= 15 is 4.39 Å². The molecule has 4 nitrogen and oxygen atoms in total. The van der Waals surface area contributed by atoms with Crippen LogP contribution in [0.25, 0.3) is 28.2 Å². The summed E-state index contributed by atoms with van der Waals surface area (Å²) in [6.07, 6.45) is 12.8. The van der Waals surface area contributed by atoms with Crippen molar-refractivity contribution in [3.63, 3.8) is 0 Å². The van der Waals surface area contributed by atoms with E-state index in [0.717, 1.165) is 11.1 Å². The molecule has 34 heavy (non-hydrogen) atoms. The third-order valence-electron chi connectivity index (χ3n) is 7.07. The van der Waals surface area contributed by atoms with Gasteiger partial charge in [-0.1, -0.05) is 0 Å². The van der Waals surface area contributed by atoms with Gasteiger partial charge in [0.05, 0.1) is 0 Å². The van der Waals surface area contributed by atoms with E-state index in [-0.39, 0.29) is 5.95 Å². The van der Waals surface area contributed by atoms with Gasteiger partial charge in [0, 0.05) is 0 Å². The molecule has 0 spiro atoms. The zero-order valence-electron chi connectivity index (χ0n) is 20.7. The van der Waals surface area contributed by atoms with Gasteiger partial charge in [-0.25, -0.2) is 0 Å². The number of nitrogens with zero attached hydrogens (tertiary/aromatic N) is 3. The molecule has 0 saturated heterocycles. The van der Waals surface area contributed by atoms with Crippen LogP contribution in [0.4, 0.5) is 4.39 Å². The summed E-state index contributed by atoms with van der Waals surface area (Å²) >= 11 is -2.65. The Kier molecular flexibility index (Phi) is 8.45. The average Bonchev–Trinajstić information content (AvgIpc) is 3.52. The minimum absolute atomic E-state index is 0.272. The van der Waals surface area contributed by atoms with Gasteiger partial charge in [-0.05, 0) is 0 Å². The van der Waals surface area contributed by atoms with Crippen molar-refractivity contribution >= 4 is 27.6 Å². The van der Waals surface area contributed by atoms with Crippen molar-refractivity contribution < 1.29 is 8.81 Å². The topological polar surface area (TPSA) is 43.3 Å². The van der Waals surface area contributed by atoms with Crippen LogP contribution in [0.15, 0.2) is 59.6 Å². The third-order valence-corrected chi connectivity index (χ3v) is 22.6. The quantitative estimate of drug-likeness (QED) is 0.164. The molecule has 4 rings (SSSR count). The van der Waals surface area contributed by atoms with Crippen molar-refractivity contribution in [3.8, 4) is 22.6 Å². The van der Waals surface area contributed by atoms with Gasteiger partial charge in [0.15, 0.2) is 0 Å². The number of benzene rings is 1. The van der Waals surface area contributed by atoms with Crippen LogP contribution in [-0.4, -0.2) is 32.7 Å². The van der Waals surface area contributed by atoms with Crippen molar-refractivity contribution in [2.24, 2.45) is 0 Å². The molecule has 1 aromatic carbocycles. The number of hydrogen-bond acceptors (Lipinski definition) is 3. The molecule has 0 N–H and O–H groups in total. The van der Waals surface area contributed by atoms with Crippen LogP contribution in [0.3, 0.4) is 0 Å². The second kappa shape index (κ2) is 11.5. The average molecular weight is 568 g/mol. The number of unbranched alkanes of at least 4 members (excludes halogenated alkanes) is 3. The molecule has 0 aliphatic carbocycles. The fourth-order valence-electron chi connectivity index (χ4n) is 5.02. The molecule has 0 saturated carbocycles. The molecule has 0 aliphatic heterocycles. The molecule has 3 heterocycles. The normalized spacial score (nSPS) is 12.0. The van der Waals surface area contributed by atoms with Crippen LogP contribution in [0.1, 0.15) is 59.3 Å². The Hall–Kier alpha value is -2.15. The third kappa shape index (κ3) is 5.24. The van der Waals surface area contributed by atoms with E-state index in [9.17, 15) is 0 Å². The number of pyridine rings is 1. The molecule has 4 aromatic rings. The van der Waals surface area contributed by atoms with Gasteiger partial charge in [-0.2, -0.15) is 0 Å². The Balaban J connectivity index is 1.72. The Morgan fingerprint density at radius 1 is 0.853 bits per heavy atom. The van der Waals surface area contributed by atoms with E-state index in [1.54, 1.807) is 10.6 Å². The zero-order valence-corrected chi connectivity index (χ0v) is 23.5. The number of halogens is 1. The Labute approximate surface area is 206 Å². The first-order valence-electron chi connectivity index (χ1n) is 12.8. The van der Waals surface area contributed by atoms with E-state index in [1.165, 1.54) is 61.8 Å².